The lowest BCUT2D eigenvalue weighted by Gasteiger charge is -2.14. The van der Waals surface area contributed by atoms with Gasteiger partial charge in [-0.15, -0.1) is 0 Å². The fourth-order valence-corrected chi connectivity index (χ4v) is 1.43. The molecule has 0 spiro atoms. The summed E-state index contributed by atoms with van der Waals surface area (Å²) in [7, 11) is 2.72. The molecule has 1 saturated carbocycles. The van der Waals surface area contributed by atoms with Gasteiger partial charge in [-0.2, -0.15) is 0 Å². The molecule has 1 aliphatic carbocycles. The maximum Gasteiger partial charge on any atom is 0.323 e. The van der Waals surface area contributed by atoms with E-state index < -0.39 is 0 Å². The number of hydrogen-bond acceptors (Lipinski definition) is 5. The Morgan fingerprint density at radius 1 is 1.33 bits per heavy atom. The molecule has 1 rings (SSSR count). The quantitative estimate of drug-likeness (QED) is 0.636. The Hall–Kier alpha value is -1.10. The van der Waals surface area contributed by atoms with Crippen LogP contribution in [0.5, 0.6) is 0 Å². The van der Waals surface area contributed by atoms with Crippen LogP contribution in [0.3, 0.4) is 0 Å². The molecule has 0 aromatic rings. The van der Waals surface area contributed by atoms with Crippen LogP contribution in [-0.4, -0.2) is 38.7 Å². The third-order valence-corrected chi connectivity index (χ3v) is 2.47. The normalized spacial score (nSPS) is 16.9. The molecule has 1 aliphatic rings. The Kier molecular flexibility index (Phi) is 4.55. The molecule has 0 heterocycles. The van der Waals surface area contributed by atoms with E-state index in [1.165, 1.54) is 14.2 Å². The zero-order chi connectivity index (χ0) is 11.3. The summed E-state index contributed by atoms with van der Waals surface area (Å²) in [5.41, 5.74) is 0. The SMILES string of the molecule is COC(=O)CCNC(C(=O)OC)C1CC1. The number of carbonyl (C=O) groups is 2. The summed E-state index contributed by atoms with van der Waals surface area (Å²) in [6, 6.07) is -0.264. The summed E-state index contributed by atoms with van der Waals surface area (Å²) in [5.74, 6) is -0.153. The number of ether oxygens (including phenoxy) is 2. The van der Waals surface area contributed by atoms with Crippen molar-refractivity contribution in [2.45, 2.75) is 25.3 Å². The maximum atomic E-state index is 11.3. The van der Waals surface area contributed by atoms with E-state index in [1.807, 2.05) is 0 Å². The van der Waals surface area contributed by atoms with Gasteiger partial charge < -0.3 is 14.8 Å². The topological polar surface area (TPSA) is 64.6 Å². The first-order valence-corrected chi connectivity index (χ1v) is 5.07. The highest BCUT2D eigenvalue weighted by atomic mass is 16.5. The van der Waals surface area contributed by atoms with Crippen molar-refractivity contribution in [2.75, 3.05) is 20.8 Å². The molecule has 86 valence electrons. The summed E-state index contributed by atoms with van der Waals surface area (Å²) >= 11 is 0. The molecule has 1 unspecified atom stereocenters. The van der Waals surface area contributed by atoms with Gasteiger partial charge in [0.25, 0.3) is 0 Å². The molecule has 0 aromatic heterocycles. The predicted octanol–water partition coefficient (Wildman–Crippen LogP) is 0.0907. The summed E-state index contributed by atoms with van der Waals surface area (Å²) in [6.45, 7) is 0.447. The number of methoxy groups -OCH3 is 2. The van der Waals surface area contributed by atoms with Crippen LogP contribution < -0.4 is 5.32 Å². The number of nitrogens with one attached hydrogen (secondary N) is 1. The Morgan fingerprint density at radius 2 is 2.00 bits per heavy atom. The van der Waals surface area contributed by atoms with E-state index in [1.54, 1.807) is 0 Å². The van der Waals surface area contributed by atoms with Crippen molar-refractivity contribution in [3.8, 4) is 0 Å². The molecule has 0 aromatic carbocycles. The third-order valence-electron chi connectivity index (χ3n) is 2.47. The summed E-state index contributed by atoms with van der Waals surface area (Å²) in [4.78, 5) is 22.2. The number of carbonyl (C=O) groups excluding carboxylic acids is 2. The van der Waals surface area contributed by atoms with Crippen LogP contribution in [-0.2, 0) is 19.1 Å². The monoisotopic (exact) mass is 215 g/mol. The van der Waals surface area contributed by atoms with Crippen LogP contribution in [0, 0.1) is 5.92 Å². The molecular weight excluding hydrogens is 198 g/mol. The highest BCUT2D eigenvalue weighted by molar-refractivity contribution is 5.76. The van der Waals surface area contributed by atoms with Crippen molar-refractivity contribution in [2.24, 2.45) is 5.92 Å². The van der Waals surface area contributed by atoms with E-state index >= 15 is 0 Å². The Morgan fingerprint density at radius 3 is 2.47 bits per heavy atom. The highest BCUT2D eigenvalue weighted by Crippen LogP contribution is 2.33. The van der Waals surface area contributed by atoms with E-state index in [0.717, 1.165) is 12.8 Å². The minimum absolute atomic E-state index is 0.248. The second kappa shape index (κ2) is 5.70. The van der Waals surface area contributed by atoms with Gasteiger partial charge in [0.2, 0.25) is 0 Å². The van der Waals surface area contributed by atoms with Crippen molar-refractivity contribution in [3.05, 3.63) is 0 Å². The molecule has 15 heavy (non-hydrogen) atoms. The summed E-state index contributed by atoms with van der Waals surface area (Å²) < 4.78 is 9.18. The first-order chi connectivity index (χ1) is 7.19. The van der Waals surface area contributed by atoms with Gasteiger partial charge in [0.05, 0.1) is 20.6 Å². The van der Waals surface area contributed by atoms with Gasteiger partial charge in [0.1, 0.15) is 6.04 Å². The van der Waals surface area contributed by atoms with Gasteiger partial charge in [0, 0.05) is 6.54 Å². The van der Waals surface area contributed by atoms with Crippen LogP contribution in [0.4, 0.5) is 0 Å². The second-order valence-electron chi connectivity index (χ2n) is 3.62. The Bertz CT molecular complexity index is 238. The average Bonchev–Trinajstić information content (AvgIpc) is 3.06. The number of hydrogen-bond donors (Lipinski definition) is 1. The number of esters is 2. The smallest absolute Gasteiger partial charge is 0.323 e. The third kappa shape index (κ3) is 3.87. The molecule has 0 aliphatic heterocycles. The lowest BCUT2D eigenvalue weighted by atomic mass is 10.2. The van der Waals surface area contributed by atoms with Gasteiger partial charge in [0.15, 0.2) is 0 Å². The molecule has 1 atom stereocenters. The first-order valence-electron chi connectivity index (χ1n) is 5.07. The molecular formula is C10H17NO4. The van der Waals surface area contributed by atoms with Gasteiger partial charge in [-0.05, 0) is 18.8 Å². The van der Waals surface area contributed by atoms with Crippen molar-refractivity contribution in [1.29, 1.82) is 0 Å². The van der Waals surface area contributed by atoms with Crippen LogP contribution in [0.1, 0.15) is 19.3 Å². The molecule has 5 nitrogen and oxygen atoms in total. The Balaban J connectivity index is 2.26. The number of rotatable bonds is 6. The molecule has 0 saturated heterocycles. The average molecular weight is 215 g/mol. The zero-order valence-corrected chi connectivity index (χ0v) is 9.12. The van der Waals surface area contributed by atoms with Gasteiger partial charge in [-0.1, -0.05) is 0 Å². The summed E-state index contributed by atoms with van der Waals surface area (Å²) in [5, 5.41) is 3.02. The van der Waals surface area contributed by atoms with E-state index in [2.05, 4.69) is 14.8 Å². The zero-order valence-electron chi connectivity index (χ0n) is 9.12. The molecule has 0 amide bonds. The van der Waals surface area contributed by atoms with Crippen LogP contribution in [0.25, 0.3) is 0 Å². The fraction of sp³-hybridized carbons (Fsp3) is 0.800. The van der Waals surface area contributed by atoms with Crippen molar-refractivity contribution in [3.63, 3.8) is 0 Å². The molecule has 1 N–H and O–H groups in total. The molecule has 1 fully saturated rings. The first kappa shape index (κ1) is 12.0. The van der Waals surface area contributed by atoms with Crippen LogP contribution in [0.15, 0.2) is 0 Å². The molecule has 0 bridgehead atoms. The fourth-order valence-electron chi connectivity index (χ4n) is 1.43. The minimum Gasteiger partial charge on any atom is -0.469 e. The Labute approximate surface area is 89.1 Å². The van der Waals surface area contributed by atoms with Crippen LogP contribution in [0.2, 0.25) is 0 Å². The molecule has 0 radical (unpaired) electrons. The van der Waals surface area contributed by atoms with E-state index in [4.69, 9.17) is 0 Å². The van der Waals surface area contributed by atoms with Crippen molar-refractivity contribution >= 4 is 11.9 Å². The lowest BCUT2D eigenvalue weighted by molar-refractivity contribution is -0.145. The van der Waals surface area contributed by atoms with Gasteiger partial charge in [-0.3, -0.25) is 9.59 Å². The van der Waals surface area contributed by atoms with E-state index in [9.17, 15) is 9.59 Å². The minimum atomic E-state index is -0.276. The largest absolute Gasteiger partial charge is 0.469 e. The molecule has 5 heteroatoms. The van der Waals surface area contributed by atoms with E-state index in [0.29, 0.717) is 12.5 Å². The second-order valence-corrected chi connectivity index (χ2v) is 3.62. The van der Waals surface area contributed by atoms with Crippen molar-refractivity contribution < 1.29 is 19.1 Å². The van der Waals surface area contributed by atoms with Crippen molar-refractivity contribution in [1.82, 2.24) is 5.32 Å². The standard InChI is InChI=1S/C10H17NO4/c1-14-8(12)5-6-11-9(7-3-4-7)10(13)15-2/h7,9,11H,3-6H2,1-2H3. The summed E-state index contributed by atoms with van der Waals surface area (Å²) in [6.07, 6.45) is 2.37. The predicted molar refractivity (Wildman–Crippen MR) is 53.2 cm³/mol. The maximum absolute atomic E-state index is 11.3. The highest BCUT2D eigenvalue weighted by Gasteiger charge is 2.36. The van der Waals surface area contributed by atoms with Gasteiger partial charge >= 0.3 is 11.9 Å². The lowest BCUT2D eigenvalue weighted by Crippen LogP contribution is -2.40. The van der Waals surface area contributed by atoms with E-state index in [-0.39, 0.29) is 24.4 Å². The van der Waals surface area contributed by atoms with Crippen LogP contribution >= 0.6 is 0 Å². The van der Waals surface area contributed by atoms with Gasteiger partial charge in [-0.25, -0.2) is 0 Å².